The molecule has 1 aromatic rings. The lowest BCUT2D eigenvalue weighted by Crippen LogP contribution is -2.46. The van der Waals surface area contributed by atoms with Gasteiger partial charge in [0.1, 0.15) is 0 Å². The Hall–Kier alpha value is -2.04. The Morgan fingerprint density at radius 1 is 1.04 bits per heavy atom. The summed E-state index contributed by atoms with van der Waals surface area (Å²) in [4.78, 5) is 26.1. The van der Waals surface area contributed by atoms with Crippen LogP contribution in [0.2, 0.25) is 0 Å². The van der Waals surface area contributed by atoms with Crippen LogP contribution in [-0.4, -0.2) is 24.5 Å². The van der Waals surface area contributed by atoms with E-state index in [-0.39, 0.29) is 11.9 Å². The highest BCUT2D eigenvalue weighted by Gasteiger charge is 2.54. The molecule has 3 saturated carbocycles. The molecule has 3 amide bonds. The van der Waals surface area contributed by atoms with E-state index >= 15 is 0 Å². The van der Waals surface area contributed by atoms with Gasteiger partial charge in [0.25, 0.3) is 0 Å². The normalized spacial score (nSPS) is 34.1. The highest BCUT2D eigenvalue weighted by atomic mass is 16.2. The van der Waals surface area contributed by atoms with Gasteiger partial charge >= 0.3 is 6.03 Å². The zero-order valence-corrected chi connectivity index (χ0v) is 15.8. The second-order valence-electron chi connectivity index (χ2n) is 8.90. The number of urea groups is 1. The summed E-state index contributed by atoms with van der Waals surface area (Å²) in [5.74, 6) is 3.60. The van der Waals surface area contributed by atoms with E-state index in [1.807, 2.05) is 29.2 Å². The molecule has 1 aromatic carbocycles. The van der Waals surface area contributed by atoms with Gasteiger partial charge < -0.3 is 15.5 Å². The topological polar surface area (TPSA) is 61.4 Å². The molecule has 3 aliphatic carbocycles. The Bertz CT molecular complexity index is 732. The Morgan fingerprint density at radius 2 is 1.85 bits per heavy atom. The van der Waals surface area contributed by atoms with E-state index in [0.29, 0.717) is 24.9 Å². The highest BCUT2D eigenvalue weighted by Crippen LogP contribution is 2.58. The van der Waals surface area contributed by atoms with Gasteiger partial charge in [-0.15, -0.1) is 0 Å². The van der Waals surface area contributed by atoms with E-state index in [4.69, 9.17) is 0 Å². The van der Waals surface area contributed by atoms with Crippen molar-refractivity contribution in [2.75, 3.05) is 11.4 Å². The van der Waals surface area contributed by atoms with Crippen molar-refractivity contribution >= 4 is 17.6 Å². The Labute approximate surface area is 160 Å². The maximum atomic E-state index is 12.4. The van der Waals surface area contributed by atoms with Crippen LogP contribution in [0.3, 0.4) is 0 Å². The number of rotatable bonds is 4. The monoisotopic (exact) mass is 367 g/mol. The smallest absolute Gasteiger partial charge is 0.315 e. The number of carbonyl (C=O) groups is 2. The zero-order chi connectivity index (χ0) is 18.4. The average molecular weight is 367 g/mol. The number of amides is 3. The van der Waals surface area contributed by atoms with Gasteiger partial charge in [0.15, 0.2) is 0 Å². The van der Waals surface area contributed by atoms with Crippen molar-refractivity contribution in [3.8, 4) is 0 Å². The lowest BCUT2D eigenvalue weighted by atomic mass is 9.79. The van der Waals surface area contributed by atoms with Gasteiger partial charge in [0, 0.05) is 31.2 Å². The van der Waals surface area contributed by atoms with Crippen LogP contribution in [-0.2, 0) is 11.3 Å². The fourth-order valence-electron chi connectivity index (χ4n) is 6.35. The molecular formula is C22H29N3O2. The van der Waals surface area contributed by atoms with Crippen LogP contribution in [0.15, 0.2) is 24.3 Å². The number of nitrogens with one attached hydrogen (secondary N) is 2. The van der Waals surface area contributed by atoms with Gasteiger partial charge in [0.05, 0.1) is 0 Å². The predicted octanol–water partition coefficient (Wildman–Crippen LogP) is 3.44. The van der Waals surface area contributed by atoms with Crippen LogP contribution in [0, 0.1) is 23.7 Å². The van der Waals surface area contributed by atoms with Crippen molar-refractivity contribution in [3.05, 3.63) is 29.8 Å². The molecule has 1 saturated heterocycles. The molecule has 0 spiro atoms. The number of nitrogens with zero attached hydrogens (tertiary/aromatic N) is 1. The zero-order valence-electron chi connectivity index (χ0n) is 15.8. The number of carbonyl (C=O) groups excluding carboxylic acids is 2. The third-order valence-electron chi connectivity index (χ3n) is 7.52. The van der Waals surface area contributed by atoms with Gasteiger partial charge in [-0.2, -0.15) is 0 Å². The van der Waals surface area contributed by atoms with Crippen molar-refractivity contribution in [3.63, 3.8) is 0 Å². The number of hydrogen-bond donors (Lipinski definition) is 2. The van der Waals surface area contributed by atoms with E-state index in [1.165, 1.54) is 32.1 Å². The molecule has 4 aliphatic rings. The molecule has 0 unspecified atom stereocenters. The molecular weight excluding hydrogens is 338 g/mol. The predicted molar refractivity (Wildman–Crippen MR) is 104 cm³/mol. The first kappa shape index (κ1) is 17.1. The Balaban J connectivity index is 1.12. The minimum absolute atomic E-state index is 0.0408. The first-order chi connectivity index (χ1) is 13.2. The summed E-state index contributed by atoms with van der Waals surface area (Å²) in [6.45, 7) is 1.33. The quantitative estimate of drug-likeness (QED) is 0.856. The molecule has 4 fully saturated rings. The molecule has 1 heterocycles. The fraction of sp³-hybridized carbons (Fsp3) is 0.636. The summed E-state index contributed by atoms with van der Waals surface area (Å²) < 4.78 is 0. The molecule has 5 heteroatoms. The minimum Gasteiger partial charge on any atom is -0.335 e. The molecule has 2 bridgehead atoms. The SMILES string of the molecule is O=C(NCc1ccc(N2CCCC2=O)cc1)N[C@@H]1C[C@H]2C[C@H]1[C@H]1CCC[C@@H]21. The van der Waals surface area contributed by atoms with Crippen molar-refractivity contribution in [1.82, 2.24) is 10.6 Å². The number of fused-ring (bicyclic) bond motifs is 5. The molecule has 0 radical (unpaired) electrons. The second kappa shape index (κ2) is 6.84. The van der Waals surface area contributed by atoms with Crippen LogP contribution < -0.4 is 15.5 Å². The summed E-state index contributed by atoms with van der Waals surface area (Å²) in [6, 6.07) is 8.30. The first-order valence-corrected chi connectivity index (χ1v) is 10.6. The average Bonchev–Trinajstić information content (AvgIpc) is 3.42. The van der Waals surface area contributed by atoms with Gasteiger partial charge in [-0.05, 0) is 73.5 Å². The number of benzene rings is 1. The minimum atomic E-state index is -0.0408. The van der Waals surface area contributed by atoms with Gasteiger partial charge in [0.2, 0.25) is 5.91 Å². The maximum absolute atomic E-state index is 12.4. The third-order valence-corrected chi connectivity index (χ3v) is 7.52. The molecule has 144 valence electrons. The molecule has 2 N–H and O–H groups in total. The first-order valence-electron chi connectivity index (χ1n) is 10.6. The third kappa shape index (κ3) is 3.11. The second-order valence-corrected chi connectivity index (χ2v) is 8.90. The molecule has 0 aromatic heterocycles. The summed E-state index contributed by atoms with van der Waals surface area (Å²) in [5.41, 5.74) is 2.02. The van der Waals surface area contributed by atoms with Crippen LogP contribution >= 0.6 is 0 Å². The summed E-state index contributed by atoms with van der Waals surface area (Å²) in [5, 5.41) is 6.26. The van der Waals surface area contributed by atoms with Crippen molar-refractivity contribution in [2.45, 2.75) is 57.5 Å². The lowest BCUT2D eigenvalue weighted by Gasteiger charge is -2.32. The Morgan fingerprint density at radius 3 is 2.63 bits per heavy atom. The summed E-state index contributed by atoms with van der Waals surface area (Å²) >= 11 is 0. The van der Waals surface area contributed by atoms with E-state index in [2.05, 4.69) is 10.6 Å². The Kier molecular flexibility index (Phi) is 4.33. The maximum Gasteiger partial charge on any atom is 0.315 e. The molecule has 27 heavy (non-hydrogen) atoms. The van der Waals surface area contributed by atoms with Crippen molar-refractivity contribution in [1.29, 1.82) is 0 Å². The van der Waals surface area contributed by atoms with E-state index < -0.39 is 0 Å². The molecule has 5 atom stereocenters. The number of anilines is 1. The standard InChI is InChI=1S/C22H29N3O2/c26-21-5-2-10-25(21)16-8-6-14(7-9-16)13-23-22(27)24-20-12-15-11-19(20)18-4-1-3-17(15)18/h6-9,15,17-20H,1-5,10-13H2,(H2,23,24,27)/t15-,17+,18+,19+,20-/m1/s1. The van der Waals surface area contributed by atoms with Crippen molar-refractivity contribution in [2.24, 2.45) is 23.7 Å². The van der Waals surface area contributed by atoms with E-state index in [9.17, 15) is 9.59 Å². The lowest BCUT2D eigenvalue weighted by molar-refractivity contribution is -0.117. The van der Waals surface area contributed by atoms with Crippen LogP contribution in [0.1, 0.15) is 50.5 Å². The van der Waals surface area contributed by atoms with E-state index in [0.717, 1.165) is 42.0 Å². The van der Waals surface area contributed by atoms with E-state index in [1.54, 1.807) is 0 Å². The summed E-state index contributed by atoms with van der Waals surface area (Å²) in [6.07, 6.45) is 8.28. The molecule has 1 aliphatic heterocycles. The van der Waals surface area contributed by atoms with Crippen LogP contribution in [0.4, 0.5) is 10.5 Å². The molecule has 5 rings (SSSR count). The van der Waals surface area contributed by atoms with Gasteiger partial charge in [-0.3, -0.25) is 4.79 Å². The fourth-order valence-corrected chi connectivity index (χ4v) is 6.35. The van der Waals surface area contributed by atoms with Crippen LogP contribution in [0.25, 0.3) is 0 Å². The van der Waals surface area contributed by atoms with Gasteiger partial charge in [-0.25, -0.2) is 4.79 Å². The summed E-state index contributed by atoms with van der Waals surface area (Å²) in [7, 11) is 0. The number of hydrogen-bond acceptors (Lipinski definition) is 2. The van der Waals surface area contributed by atoms with Crippen molar-refractivity contribution < 1.29 is 9.59 Å². The van der Waals surface area contributed by atoms with Crippen LogP contribution in [0.5, 0.6) is 0 Å². The molecule has 5 nitrogen and oxygen atoms in total. The largest absolute Gasteiger partial charge is 0.335 e. The highest BCUT2D eigenvalue weighted by molar-refractivity contribution is 5.95. The van der Waals surface area contributed by atoms with Gasteiger partial charge in [-0.1, -0.05) is 18.6 Å².